The molecule has 3 rings (SSSR count). The molecular formula is C14H12F3N5O3S. The Balaban J connectivity index is 1.81. The van der Waals surface area contributed by atoms with Crippen LogP contribution in [-0.2, 0) is 22.6 Å². The zero-order valence-electron chi connectivity index (χ0n) is 13.3. The molecule has 26 heavy (non-hydrogen) atoms. The van der Waals surface area contributed by atoms with Crippen molar-refractivity contribution in [3.8, 4) is 11.4 Å². The lowest BCUT2D eigenvalue weighted by molar-refractivity contribution is -0.159. The van der Waals surface area contributed by atoms with Crippen molar-refractivity contribution in [3.05, 3.63) is 42.0 Å². The van der Waals surface area contributed by atoms with Gasteiger partial charge in [-0.25, -0.2) is 18.1 Å². The molecule has 0 radical (unpaired) electrons. The molecule has 0 aliphatic carbocycles. The third-order valence-electron chi connectivity index (χ3n) is 3.45. The Morgan fingerprint density at radius 3 is 2.46 bits per heavy atom. The van der Waals surface area contributed by atoms with E-state index < -0.39 is 21.9 Å². The number of benzene rings is 1. The molecule has 0 saturated heterocycles. The summed E-state index contributed by atoms with van der Waals surface area (Å²) in [6.07, 6.45) is -3.56. The summed E-state index contributed by atoms with van der Waals surface area (Å²) >= 11 is 0. The van der Waals surface area contributed by atoms with Crippen molar-refractivity contribution >= 4 is 9.84 Å². The van der Waals surface area contributed by atoms with Gasteiger partial charge in [-0.05, 0) is 5.56 Å². The van der Waals surface area contributed by atoms with Gasteiger partial charge in [0.25, 0.3) is 0 Å². The molecule has 0 spiro atoms. The van der Waals surface area contributed by atoms with Gasteiger partial charge in [0.15, 0.2) is 0 Å². The van der Waals surface area contributed by atoms with Crippen LogP contribution >= 0.6 is 0 Å². The van der Waals surface area contributed by atoms with E-state index in [0.29, 0.717) is 11.1 Å². The number of rotatable bonds is 5. The highest BCUT2D eigenvalue weighted by molar-refractivity contribution is 7.91. The predicted octanol–water partition coefficient (Wildman–Crippen LogP) is 2.19. The van der Waals surface area contributed by atoms with Gasteiger partial charge in [-0.3, -0.25) is 0 Å². The number of nitrogens with zero attached hydrogens (tertiary/aromatic N) is 5. The minimum absolute atomic E-state index is 0.107. The minimum Gasteiger partial charge on any atom is -0.329 e. The molecule has 0 amide bonds. The standard InChI is InChI=1S/C14H12F3N5O3S/c1-2-26(23,24)13-18-8-19-22(13)7-9-3-5-10(6-4-9)11-20-12(25-21-11)14(15,16)17/h3-6,8H,2,7H2,1H3. The molecule has 2 heterocycles. The lowest BCUT2D eigenvalue weighted by atomic mass is 10.1. The van der Waals surface area contributed by atoms with Crippen LogP contribution in [0, 0.1) is 0 Å². The molecule has 0 aliphatic heterocycles. The van der Waals surface area contributed by atoms with Gasteiger partial charge in [0.05, 0.1) is 12.3 Å². The summed E-state index contributed by atoms with van der Waals surface area (Å²) in [5.41, 5.74) is 0.999. The van der Waals surface area contributed by atoms with E-state index in [-0.39, 0.29) is 23.3 Å². The Hall–Kier alpha value is -2.76. The van der Waals surface area contributed by atoms with Crippen molar-refractivity contribution in [1.82, 2.24) is 24.9 Å². The Morgan fingerprint density at radius 2 is 1.88 bits per heavy atom. The molecule has 12 heteroatoms. The predicted molar refractivity (Wildman–Crippen MR) is 81.6 cm³/mol. The molecule has 0 saturated carbocycles. The number of hydrogen-bond donors (Lipinski definition) is 0. The van der Waals surface area contributed by atoms with Crippen LogP contribution in [0.5, 0.6) is 0 Å². The highest BCUT2D eigenvalue weighted by Crippen LogP contribution is 2.29. The molecule has 138 valence electrons. The maximum Gasteiger partial charge on any atom is 0.471 e. The first-order valence-corrected chi connectivity index (χ1v) is 8.96. The largest absolute Gasteiger partial charge is 0.471 e. The van der Waals surface area contributed by atoms with Gasteiger partial charge in [0.2, 0.25) is 20.8 Å². The summed E-state index contributed by atoms with van der Waals surface area (Å²) in [5, 5.41) is 7.06. The van der Waals surface area contributed by atoms with Gasteiger partial charge < -0.3 is 4.52 Å². The lowest BCUT2D eigenvalue weighted by Crippen LogP contribution is -2.14. The van der Waals surface area contributed by atoms with E-state index in [0.717, 1.165) is 6.33 Å². The van der Waals surface area contributed by atoms with E-state index in [9.17, 15) is 21.6 Å². The summed E-state index contributed by atoms with van der Waals surface area (Å²) in [6, 6.07) is 6.21. The molecule has 3 aromatic rings. The van der Waals surface area contributed by atoms with Gasteiger partial charge in [0, 0.05) is 5.56 Å². The molecule has 8 nitrogen and oxygen atoms in total. The molecule has 0 aliphatic rings. The molecule has 1 aromatic carbocycles. The zero-order valence-corrected chi connectivity index (χ0v) is 14.1. The molecule has 0 N–H and O–H groups in total. The molecule has 0 atom stereocenters. The van der Waals surface area contributed by atoms with E-state index in [1.165, 1.54) is 23.7 Å². The fourth-order valence-corrected chi connectivity index (χ4v) is 3.02. The number of aromatic nitrogens is 5. The minimum atomic E-state index is -4.71. The van der Waals surface area contributed by atoms with E-state index in [2.05, 4.69) is 24.7 Å². The van der Waals surface area contributed by atoms with Gasteiger partial charge in [-0.15, -0.1) is 0 Å². The number of sulfone groups is 1. The molecular weight excluding hydrogens is 375 g/mol. The van der Waals surface area contributed by atoms with Crippen LogP contribution in [0.4, 0.5) is 13.2 Å². The van der Waals surface area contributed by atoms with Gasteiger partial charge in [0.1, 0.15) is 6.33 Å². The van der Waals surface area contributed by atoms with Crippen molar-refractivity contribution in [1.29, 1.82) is 0 Å². The first-order chi connectivity index (χ1) is 12.2. The summed E-state index contributed by atoms with van der Waals surface area (Å²) in [6.45, 7) is 1.64. The zero-order chi connectivity index (χ0) is 18.9. The average molecular weight is 387 g/mol. The van der Waals surface area contributed by atoms with Crippen LogP contribution in [0.25, 0.3) is 11.4 Å². The summed E-state index contributed by atoms with van der Waals surface area (Å²) in [4.78, 5) is 7.08. The third-order valence-corrected chi connectivity index (χ3v) is 5.08. The van der Waals surface area contributed by atoms with Crippen LogP contribution in [0.1, 0.15) is 18.4 Å². The average Bonchev–Trinajstić information content (AvgIpc) is 3.24. The third kappa shape index (κ3) is 3.59. The number of alkyl halides is 3. The van der Waals surface area contributed by atoms with Crippen LogP contribution in [0.3, 0.4) is 0 Å². The Morgan fingerprint density at radius 1 is 1.19 bits per heavy atom. The van der Waals surface area contributed by atoms with E-state index in [4.69, 9.17) is 0 Å². The number of hydrogen-bond acceptors (Lipinski definition) is 7. The summed E-state index contributed by atoms with van der Waals surface area (Å²) in [7, 11) is -3.52. The van der Waals surface area contributed by atoms with Crippen molar-refractivity contribution in [2.75, 3.05) is 5.75 Å². The first kappa shape index (κ1) is 18.0. The van der Waals surface area contributed by atoms with Gasteiger partial charge in [-0.2, -0.15) is 23.3 Å². The SMILES string of the molecule is CCS(=O)(=O)c1ncnn1Cc1ccc(-c2noc(C(F)(F)F)n2)cc1. The second kappa shape index (κ2) is 6.52. The smallest absolute Gasteiger partial charge is 0.329 e. The van der Waals surface area contributed by atoms with E-state index in [1.54, 1.807) is 12.1 Å². The second-order valence-electron chi connectivity index (χ2n) is 5.22. The van der Waals surface area contributed by atoms with Crippen molar-refractivity contribution in [3.63, 3.8) is 0 Å². The lowest BCUT2D eigenvalue weighted by Gasteiger charge is -2.06. The van der Waals surface area contributed by atoms with Crippen LogP contribution in [0.2, 0.25) is 0 Å². The van der Waals surface area contributed by atoms with E-state index >= 15 is 0 Å². The maximum atomic E-state index is 12.5. The normalized spacial score (nSPS) is 12.5. The van der Waals surface area contributed by atoms with Crippen molar-refractivity contribution in [2.45, 2.75) is 24.8 Å². The highest BCUT2D eigenvalue weighted by Gasteiger charge is 2.38. The van der Waals surface area contributed by atoms with Crippen LogP contribution < -0.4 is 0 Å². The maximum absolute atomic E-state index is 12.5. The van der Waals surface area contributed by atoms with Gasteiger partial charge in [-0.1, -0.05) is 36.3 Å². The fourth-order valence-electron chi connectivity index (χ4n) is 2.12. The molecule has 0 bridgehead atoms. The topological polar surface area (TPSA) is 104 Å². The Kier molecular flexibility index (Phi) is 4.52. The summed E-state index contributed by atoms with van der Waals surface area (Å²) < 4.78 is 66.8. The van der Waals surface area contributed by atoms with Gasteiger partial charge >= 0.3 is 12.1 Å². The highest BCUT2D eigenvalue weighted by atomic mass is 32.2. The van der Waals surface area contributed by atoms with Crippen molar-refractivity contribution < 1.29 is 26.1 Å². The second-order valence-corrected chi connectivity index (χ2v) is 7.39. The Bertz CT molecular complexity index is 1010. The van der Waals surface area contributed by atoms with Crippen molar-refractivity contribution in [2.24, 2.45) is 0 Å². The monoisotopic (exact) mass is 387 g/mol. The van der Waals surface area contributed by atoms with E-state index in [1.807, 2.05) is 0 Å². The first-order valence-electron chi connectivity index (χ1n) is 7.31. The number of halogens is 3. The fraction of sp³-hybridized carbons (Fsp3) is 0.286. The quantitative estimate of drug-likeness (QED) is 0.661. The Labute approximate surface area is 145 Å². The summed E-state index contributed by atoms with van der Waals surface area (Å²) in [5.74, 6) is -1.73. The molecule has 0 unspecified atom stereocenters. The van der Waals surface area contributed by atoms with Crippen LogP contribution in [-0.4, -0.2) is 39.1 Å². The van der Waals surface area contributed by atoms with Crippen LogP contribution in [0.15, 0.2) is 40.3 Å². The molecule has 0 fully saturated rings. The molecule has 2 aromatic heterocycles.